The maximum Gasteiger partial charge on any atom is 0.238 e. The monoisotopic (exact) mass is 568 g/mol. The Kier molecular flexibility index (Phi) is 6.64. The molecule has 4 aromatic rings. The molecule has 7 nitrogen and oxygen atoms in total. The van der Waals surface area contributed by atoms with Gasteiger partial charge in [-0.3, -0.25) is 9.69 Å². The number of carbonyl (C=O) groups is 1. The van der Waals surface area contributed by atoms with Crippen molar-refractivity contribution in [3.63, 3.8) is 0 Å². The minimum absolute atomic E-state index is 0.0121. The number of hydrogen-bond donors (Lipinski definition) is 1. The van der Waals surface area contributed by atoms with E-state index >= 15 is 0 Å². The molecule has 2 heterocycles. The van der Waals surface area contributed by atoms with Crippen LogP contribution in [0.15, 0.2) is 81.4 Å². The lowest BCUT2D eigenvalue weighted by molar-refractivity contribution is -0.115. The molecule has 1 N–H and O–H groups in total. The summed E-state index contributed by atoms with van der Waals surface area (Å²) in [6.45, 7) is 0. The van der Waals surface area contributed by atoms with Crippen molar-refractivity contribution in [2.24, 2.45) is 10.2 Å². The first-order valence-corrected chi connectivity index (χ1v) is 12.7. The Balaban J connectivity index is 1.58. The molecule has 3 aromatic carbocycles. The molecule has 10 heteroatoms. The quantitative estimate of drug-likeness (QED) is 0.198. The van der Waals surface area contributed by atoms with Crippen molar-refractivity contribution < 1.29 is 14.6 Å². The highest BCUT2D eigenvalue weighted by molar-refractivity contribution is 9.10. The zero-order chi connectivity index (χ0) is 24.5. The van der Waals surface area contributed by atoms with Crippen LogP contribution in [0.3, 0.4) is 0 Å². The molecular formula is C25H18BrClN4O3S. The van der Waals surface area contributed by atoms with Crippen LogP contribution in [-0.4, -0.2) is 28.9 Å². The van der Waals surface area contributed by atoms with E-state index in [9.17, 15) is 9.90 Å². The summed E-state index contributed by atoms with van der Waals surface area (Å²) in [7, 11) is 1.59. The average molecular weight is 570 g/mol. The number of benzene rings is 3. The van der Waals surface area contributed by atoms with Crippen molar-refractivity contribution >= 4 is 73.2 Å². The van der Waals surface area contributed by atoms with E-state index in [-0.39, 0.29) is 17.4 Å². The second-order valence-electron chi connectivity index (χ2n) is 7.68. The number of rotatable bonds is 5. The fraction of sp³-hybridized carbons (Fsp3) is 0.120. The van der Waals surface area contributed by atoms with Gasteiger partial charge in [0.05, 0.1) is 29.8 Å². The van der Waals surface area contributed by atoms with Crippen LogP contribution >= 0.6 is 39.3 Å². The lowest BCUT2D eigenvalue weighted by atomic mass is 10.1. The number of aromatic nitrogens is 1. The summed E-state index contributed by atoms with van der Waals surface area (Å²) in [5.74, 6) is 0.811. The lowest BCUT2D eigenvalue weighted by Gasteiger charge is -2.26. The molecule has 0 radical (unpaired) electrons. The smallest absolute Gasteiger partial charge is 0.238 e. The summed E-state index contributed by atoms with van der Waals surface area (Å²) in [4.78, 5) is 19.2. The molecule has 176 valence electrons. The van der Waals surface area contributed by atoms with Gasteiger partial charge in [0.25, 0.3) is 0 Å². The van der Waals surface area contributed by atoms with Gasteiger partial charge in [0.2, 0.25) is 5.91 Å². The molecule has 1 fully saturated rings. The Morgan fingerprint density at radius 2 is 1.91 bits per heavy atom. The first kappa shape index (κ1) is 23.6. The molecule has 0 saturated carbocycles. The largest absolute Gasteiger partial charge is 0.508 e. The zero-order valence-corrected chi connectivity index (χ0v) is 21.5. The van der Waals surface area contributed by atoms with Crippen LogP contribution in [0, 0.1) is 0 Å². The van der Waals surface area contributed by atoms with Crippen molar-refractivity contribution in [1.29, 1.82) is 0 Å². The van der Waals surface area contributed by atoms with Gasteiger partial charge in [-0.15, -0.1) is 22.0 Å². The molecule has 1 amide bonds. The van der Waals surface area contributed by atoms with E-state index in [0.717, 1.165) is 9.86 Å². The van der Waals surface area contributed by atoms with Crippen LogP contribution < -0.4 is 9.64 Å². The maximum atomic E-state index is 13.1. The predicted octanol–water partition coefficient (Wildman–Crippen LogP) is 7.56. The van der Waals surface area contributed by atoms with Gasteiger partial charge in [0, 0.05) is 27.6 Å². The van der Waals surface area contributed by atoms with Gasteiger partial charge in [-0.05, 0) is 58.4 Å². The number of carbonyl (C=O) groups excluding carboxylic acids is 1. The molecule has 1 saturated heterocycles. The number of amides is 1. The van der Waals surface area contributed by atoms with E-state index in [1.807, 2.05) is 48.5 Å². The third-order valence-corrected chi connectivity index (χ3v) is 7.64. The van der Waals surface area contributed by atoms with Crippen molar-refractivity contribution in [1.82, 2.24) is 4.98 Å². The third-order valence-electron chi connectivity index (χ3n) is 5.48. The second-order valence-corrected chi connectivity index (χ2v) is 9.96. The fourth-order valence-electron chi connectivity index (χ4n) is 3.78. The molecule has 0 spiro atoms. The average Bonchev–Trinajstić information content (AvgIpc) is 3.24. The number of aromatic hydroxyl groups is 1. The first-order valence-electron chi connectivity index (χ1n) is 10.5. The molecule has 0 aliphatic carbocycles. The number of anilines is 1. The Morgan fingerprint density at radius 3 is 2.71 bits per heavy atom. The summed E-state index contributed by atoms with van der Waals surface area (Å²) in [6.07, 6.45) is 0. The van der Waals surface area contributed by atoms with Crippen LogP contribution in [0.4, 0.5) is 17.1 Å². The highest BCUT2D eigenvalue weighted by Gasteiger charge is 2.37. The number of phenolic OH excluding ortho intramolecular Hbond substituents is 1. The highest BCUT2D eigenvalue weighted by Crippen LogP contribution is 2.48. The molecule has 1 aliphatic heterocycles. The summed E-state index contributed by atoms with van der Waals surface area (Å²) in [5, 5.41) is 19.7. The van der Waals surface area contributed by atoms with Crippen molar-refractivity contribution in [3.8, 4) is 11.5 Å². The van der Waals surface area contributed by atoms with Gasteiger partial charge in [-0.1, -0.05) is 23.7 Å². The number of fused-ring (bicyclic) bond motifs is 1. The van der Waals surface area contributed by atoms with Crippen LogP contribution in [0.5, 0.6) is 11.5 Å². The molecular weight excluding hydrogens is 552 g/mol. The molecule has 1 aliphatic rings. The molecule has 5 rings (SSSR count). The van der Waals surface area contributed by atoms with Gasteiger partial charge < -0.3 is 9.84 Å². The lowest BCUT2D eigenvalue weighted by Crippen LogP contribution is -2.28. The number of phenols is 1. The van der Waals surface area contributed by atoms with Gasteiger partial charge in [-0.2, -0.15) is 0 Å². The zero-order valence-electron chi connectivity index (χ0n) is 18.4. The number of halogens is 2. The Bertz CT molecular complexity index is 1480. The van der Waals surface area contributed by atoms with Gasteiger partial charge >= 0.3 is 0 Å². The van der Waals surface area contributed by atoms with E-state index in [1.54, 1.807) is 18.1 Å². The Hall–Kier alpha value is -3.14. The van der Waals surface area contributed by atoms with Gasteiger partial charge in [0.15, 0.2) is 0 Å². The normalized spacial score (nSPS) is 15.9. The SMILES string of the molecule is COc1ccc2cc(C3SCC(=O)N3c3cc(O)ccc3N=Nc3ccccc3Br)c(Cl)nc2c1. The Labute approximate surface area is 218 Å². The second kappa shape index (κ2) is 9.85. The minimum atomic E-state index is -0.451. The van der Waals surface area contributed by atoms with Crippen LogP contribution in [-0.2, 0) is 4.79 Å². The highest BCUT2D eigenvalue weighted by atomic mass is 79.9. The minimum Gasteiger partial charge on any atom is -0.508 e. The number of nitrogens with zero attached hydrogens (tertiary/aromatic N) is 4. The first-order chi connectivity index (χ1) is 16.9. The number of azo groups is 1. The molecule has 35 heavy (non-hydrogen) atoms. The van der Waals surface area contributed by atoms with E-state index < -0.39 is 5.37 Å². The summed E-state index contributed by atoms with van der Waals surface area (Å²) >= 11 is 11.5. The molecule has 1 aromatic heterocycles. The number of hydrogen-bond acceptors (Lipinski definition) is 7. The van der Waals surface area contributed by atoms with Crippen molar-refractivity contribution in [3.05, 3.63) is 81.9 Å². The molecule has 1 atom stereocenters. The number of pyridine rings is 1. The predicted molar refractivity (Wildman–Crippen MR) is 142 cm³/mol. The van der Waals surface area contributed by atoms with Gasteiger partial charge in [0.1, 0.15) is 27.7 Å². The van der Waals surface area contributed by atoms with E-state index in [4.69, 9.17) is 16.3 Å². The van der Waals surface area contributed by atoms with Crippen LogP contribution in [0.2, 0.25) is 5.15 Å². The van der Waals surface area contributed by atoms with E-state index in [0.29, 0.717) is 39.0 Å². The van der Waals surface area contributed by atoms with Crippen LogP contribution in [0.1, 0.15) is 10.9 Å². The molecule has 0 bridgehead atoms. The summed E-state index contributed by atoms with van der Waals surface area (Å²) in [6, 6.07) is 19.6. The summed E-state index contributed by atoms with van der Waals surface area (Å²) < 4.78 is 6.07. The topological polar surface area (TPSA) is 87.4 Å². The number of methoxy groups -OCH3 is 1. The van der Waals surface area contributed by atoms with Crippen molar-refractivity contribution in [2.75, 3.05) is 17.8 Å². The van der Waals surface area contributed by atoms with Crippen molar-refractivity contribution in [2.45, 2.75) is 5.37 Å². The number of ether oxygens (including phenoxy) is 1. The molecule has 1 unspecified atom stereocenters. The van der Waals surface area contributed by atoms with Crippen LogP contribution in [0.25, 0.3) is 10.9 Å². The van der Waals surface area contributed by atoms with E-state index in [1.165, 1.54) is 23.9 Å². The third kappa shape index (κ3) is 4.71. The Morgan fingerprint density at radius 1 is 1.11 bits per heavy atom. The number of thioether (sulfide) groups is 1. The standard InChI is InChI=1S/C25H18BrClN4O3S/c1-34-16-8-6-14-10-17(24(27)28-21(14)12-16)25-31(23(33)13-35-25)22-11-15(32)7-9-20(22)30-29-19-5-3-2-4-18(19)26/h2-12,25,32H,13H2,1H3. The summed E-state index contributed by atoms with van der Waals surface area (Å²) in [5.41, 5.74) is 2.90. The fourth-order valence-corrected chi connectivity index (χ4v) is 5.64. The maximum absolute atomic E-state index is 13.1. The van der Waals surface area contributed by atoms with E-state index in [2.05, 4.69) is 31.1 Å². The van der Waals surface area contributed by atoms with Gasteiger partial charge in [-0.25, -0.2) is 4.98 Å².